The number of amides is 1. The average molecular weight is 389 g/mol. The number of hydrazone groups is 1. The largest absolute Gasteiger partial charge is 0.494 e. The van der Waals surface area contributed by atoms with E-state index in [4.69, 9.17) is 4.74 Å². The third kappa shape index (κ3) is 5.35. The van der Waals surface area contributed by atoms with Crippen LogP contribution >= 0.6 is 0 Å². The average Bonchev–Trinajstić information content (AvgIpc) is 3.07. The molecule has 5 nitrogen and oxygen atoms in total. The number of carbonyl (C=O) groups is 1. The Labute approximate surface area is 172 Å². The van der Waals surface area contributed by atoms with Crippen molar-refractivity contribution in [3.05, 3.63) is 83.2 Å². The number of benzene rings is 2. The van der Waals surface area contributed by atoms with Gasteiger partial charge in [-0.3, -0.25) is 4.79 Å². The maximum Gasteiger partial charge on any atom is 0.271 e. The summed E-state index contributed by atoms with van der Waals surface area (Å²) >= 11 is 0. The molecular formula is C24H27N3O2. The second-order valence-electron chi connectivity index (χ2n) is 6.97. The molecule has 29 heavy (non-hydrogen) atoms. The molecule has 0 saturated heterocycles. The van der Waals surface area contributed by atoms with Gasteiger partial charge in [0.15, 0.2) is 0 Å². The molecule has 3 rings (SSSR count). The fourth-order valence-corrected chi connectivity index (χ4v) is 3.05. The molecule has 0 aliphatic rings. The maximum absolute atomic E-state index is 12.3. The predicted molar refractivity (Wildman–Crippen MR) is 117 cm³/mol. The Kier molecular flexibility index (Phi) is 6.85. The summed E-state index contributed by atoms with van der Waals surface area (Å²) in [7, 11) is 0. The Morgan fingerprint density at radius 3 is 2.28 bits per heavy atom. The minimum atomic E-state index is -0.242. The van der Waals surface area contributed by atoms with Crippen LogP contribution in [0.25, 0.3) is 5.69 Å². The summed E-state index contributed by atoms with van der Waals surface area (Å²) in [4.78, 5) is 12.3. The van der Waals surface area contributed by atoms with Crippen molar-refractivity contribution >= 4 is 12.1 Å². The number of nitrogens with one attached hydrogen (secondary N) is 1. The molecule has 3 aromatic rings. The van der Waals surface area contributed by atoms with Crippen LogP contribution in [0.5, 0.6) is 5.75 Å². The van der Waals surface area contributed by atoms with Gasteiger partial charge < -0.3 is 9.30 Å². The highest BCUT2D eigenvalue weighted by Gasteiger charge is 2.07. The smallest absolute Gasteiger partial charge is 0.271 e. The molecule has 5 heteroatoms. The Hall–Kier alpha value is -3.34. The number of unbranched alkanes of at least 4 members (excludes halogenated alkanes) is 1. The summed E-state index contributed by atoms with van der Waals surface area (Å²) in [5, 5.41) is 4.05. The Bertz CT molecular complexity index is 951. The highest BCUT2D eigenvalue weighted by atomic mass is 16.5. The first-order chi connectivity index (χ1) is 14.1. The molecule has 2 aromatic carbocycles. The van der Waals surface area contributed by atoms with Crippen molar-refractivity contribution in [3.63, 3.8) is 0 Å². The van der Waals surface area contributed by atoms with Crippen LogP contribution in [0.2, 0.25) is 0 Å². The molecule has 1 amide bonds. The van der Waals surface area contributed by atoms with E-state index < -0.39 is 0 Å². The summed E-state index contributed by atoms with van der Waals surface area (Å²) in [5.74, 6) is 0.598. The molecule has 150 valence electrons. The van der Waals surface area contributed by atoms with E-state index in [1.807, 2.05) is 48.5 Å². The first-order valence-electron chi connectivity index (χ1n) is 9.90. The number of carbonyl (C=O) groups excluding carboxylic acids is 1. The van der Waals surface area contributed by atoms with Crippen molar-refractivity contribution in [2.75, 3.05) is 6.61 Å². The lowest BCUT2D eigenvalue weighted by atomic mass is 10.2. The molecule has 0 aliphatic carbocycles. The van der Waals surface area contributed by atoms with Gasteiger partial charge in [-0.1, -0.05) is 13.3 Å². The number of rotatable bonds is 8. The summed E-state index contributed by atoms with van der Waals surface area (Å²) in [6.07, 6.45) is 3.77. The van der Waals surface area contributed by atoms with Crippen molar-refractivity contribution in [3.8, 4) is 11.4 Å². The molecule has 1 aromatic heterocycles. The van der Waals surface area contributed by atoms with E-state index >= 15 is 0 Å². The fourth-order valence-electron chi connectivity index (χ4n) is 3.05. The predicted octanol–water partition coefficient (Wildman–Crippen LogP) is 5.04. The molecule has 0 atom stereocenters. The van der Waals surface area contributed by atoms with Crippen molar-refractivity contribution in [1.29, 1.82) is 0 Å². The van der Waals surface area contributed by atoms with Crippen molar-refractivity contribution in [1.82, 2.24) is 9.99 Å². The number of nitrogens with zero attached hydrogens (tertiary/aromatic N) is 2. The molecule has 1 heterocycles. The van der Waals surface area contributed by atoms with Gasteiger partial charge in [0.1, 0.15) is 5.75 Å². The number of aryl methyl sites for hydroxylation is 2. The van der Waals surface area contributed by atoms with Gasteiger partial charge in [-0.2, -0.15) is 5.10 Å². The van der Waals surface area contributed by atoms with Crippen molar-refractivity contribution < 1.29 is 9.53 Å². The first-order valence-corrected chi connectivity index (χ1v) is 9.90. The van der Waals surface area contributed by atoms with Crippen molar-refractivity contribution in [2.24, 2.45) is 5.10 Å². The van der Waals surface area contributed by atoms with Crippen LogP contribution < -0.4 is 10.2 Å². The van der Waals surface area contributed by atoms with Gasteiger partial charge in [0.25, 0.3) is 5.91 Å². The van der Waals surface area contributed by atoms with Gasteiger partial charge in [0, 0.05) is 22.6 Å². The summed E-state index contributed by atoms with van der Waals surface area (Å²) < 4.78 is 7.79. The van der Waals surface area contributed by atoms with E-state index in [1.165, 1.54) is 0 Å². The van der Waals surface area contributed by atoms with Crippen LogP contribution in [0.1, 0.15) is 47.1 Å². The lowest BCUT2D eigenvalue weighted by Crippen LogP contribution is -2.17. The highest BCUT2D eigenvalue weighted by Crippen LogP contribution is 2.17. The Morgan fingerprint density at radius 1 is 1.00 bits per heavy atom. The van der Waals surface area contributed by atoms with E-state index in [2.05, 4.69) is 48.0 Å². The van der Waals surface area contributed by atoms with Crippen LogP contribution in [0, 0.1) is 13.8 Å². The number of hydrogen-bond acceptors (Lipinski definition) is 3. The first kappa shape index (κ1) is 20.4. The summed E-state index contributed by atoms with van der Waals surface area (Å²) in [6.45, 7) is 6.98. The quantitative estimate of drug-likeness (QED) is 0.333. The zero-order valence-electron chi connectivity index (χ0n) is 17.2. The Balaban J connectivity index is 1.56. The molecule has 0 bridgehead atoms. The third-order valence-corrected chi connectivity index (χ3v) is 4.69. The molecule has 1 N–H and O–H groups in total. The lowest BCUT2D eigenvalue weighted by molar-refractivity contribution is 0.0955. The normalized spacial score (nSPS) is 11.0. The minimum Gasteiger partial charge on any atom is -0.494 e. The van der Waals surface area contributed by atoms with Crippen LogP contribution in [0.3, 0.4) is 0 Å². The summed E-state index contributed by atoms with van der Waals surface area (Å²) in [6, 6.07) is 19.3. The standard InChI is InChI=1S/C24H27N3O2/c1-4-5-16-29-23-14-8-20(9-15-23)17-25-26-24(28)21-10-12-22(13-11-21)27-18(2)6-7-19(27)3/h6-15,17H,4-5,16H2,1-3H3,(H,26,28)/b25-17+. The molecule has 0 radical (unpaired) electrons. The zero-order valence-corrected chi connectivity index (χ0v) is 17.2. The number of hydrogen-bond donors (Lipinski definition) is 1. The van der Waals surface area contributed by atoms with Crippen LogP contribution in [-0.2, 0) is 0 Å². The number of ether oxygens (including phenoxy) is 1. The van der Waals surface area contributed by atoms with Gasteiger partial charge in [0.05, 0.1) is 12.8 Å². The minimum absolute atomic E-state index is 0.242. The second-order valence-corrected chi connectivity index (χ2v) is 6.97. The topological polar surface area (TPSA) is 55.6 Å². The Morgan fingerprint density at radius 2 is 1.66 bits per heavy atom. The monoisotopic (exact) mass is 389 g/mol. The molecule has 0 saturated carbocycles. The second kappa shape index (κ2) is 9.73. The third-order valence-electron chi connectivity index (χ3n) is 4.69. The number of aromatic nitrogens is 1. The molecule has 0 spiro atoms. The van der Waals surface area contributed by atoms with Crippen LogP contribution in [0.4, 0.5) is 0 Å². The van der Waals surface area contributed by atoms with Gasteiger partial charge in [-0.15, -0.1) is 0 Å². The van der Waals surface area contributed by atoms with E-state index in [-0.39, 0.29) is 5.91 Å². The van der Waals surface area contributed by atoms with Gasteiger partial charge in [-0.05, 0) is 86.5 Å². The van der Waals surface area contributed by atoms with E-state index in [0.717, 1.165) is 47.8 Å². The van der Waals surface area contributed by atoms with Crippen LogP contribution in [0.15, 0.2) is 65.8 Å². The van der Waals surface area contributed by atoms with Crippen molar-refractivity contribution in [2.45, 2.75) is 33.6 Å². The van der Waals surface area contributed by atoms with Crippen LogP contribution in [-0.4, -0.2) is 23.3 Å². The van der Waals surface area contributed by atoms with Gasteiger partial charge in [-0.25, -0.2) is 5.43 Å². The van der Waals surface area contributed by atoms with Gasteiger partial charge in [0.2, 0.25) is 0 Å². The highest BCUT2D eigenvalue weighted by molar-refractivity contribution is 5.95. The zero-order chi connectivity index (χ0) is 20.6. The summed E-state index contributed by atoms with van der Waals surface area (Å²) in [5.41, 5.74) is 7.38. The maximum atomic E-state index is 12.3. The molecular weight excluding hydrogens is 362 g/mol. The molecule has 0 aliphatic heterocycles. The fraction of sp³-hybridized carbons (Fsp3) is 0.250. The van der Waals surface area contributed by atoms with E-state index in [1.54, 1.807) is 6.21 Å². The molecule has 0 unspecified atom stereocenters. The van der Waals surface area contributed by atoms with Gasteiger partial charge >= 0.3 is 0 Å². The molecule has 0 fully saturated rings. The van der Waals surface area contributed by atoms with E-state index in [0.29, 0.717) is 5.56 Å². The lowest BCUT2D eigenvalue weighted by Gasteiger charge is -2.10. The van der Waals surface area contributed by atoms with E-state index in [9.17, 15) is 4.79 Å². The SMILES string of the molecule is CCCCOc1ccc(/C=N/NC(=O)c2ccc(-n3c(C)ccc3C)cc2)cc1.